The molecule has 0 saturated carbocycles. The fourth-order valence-corrected chi connectivity index (χ4v) is 4.55. The maximum Gasteiger partial charge on any atom is 0.159 e. The standard InChI is InChI=1S/C26H27FN4O3/c1-16-8-19(5-6-22(16)27)30-26-21-10-17(24(33-2)11-23(21)28-15-29-26)9-20(32)4-3-7-31-12-18-14-34-25(18)13-31/h3-6,8,10-11,15,18,25H,7,9,12-14H2,1-2H3,(H,28,29,30)/b4-3+. The highest BCUT2D eigenvalue weighted by Gasteiger charge is 2.40. The zero-order valence-corrected chi connectivity index (χ0v) is 19.3. The lowest BCUT2D eigenvalue weighted by Crippen LogP contribution is -2.37. The first-order valence-corrected chi connectivity index (χ1v) is 11.4. The van der Waals surface area contributed by atoms with E-state index in [9.17, 15) is 9.18 Å². The van der Waals surface area contributed by atoms with Crippen LogP contribution in [0.1, 0.15) is 11.1 Å². The van der Waals surface area contributed by atoms with E-state index < -0.39 is 0 Å². The summed E-state index contributed by atoms with van der Waals surface area (Å²) in [5, 5.41) is 3.99. The molecule has 0 bridgehead atoms. The molecular weight excluding hydrogens is 435 g/mol. The summed E-state index contributed by atoms with van der Waals surface area (Å²) in [6.45, 7) is 5.28. The van der Waals surface area contributed by atoms with Crippen LogP contribution in [0, 0.1) is 18.7 Å². The molecule has 5 rings (SSSR count). The molecule has 176 valence electrons. The number of likely N-dealkylation sites (tertiary alicyclic amines) is 1. The van der Waals surface area contributed by atoms with Crippen LogP contribution in [0.5, 0.6) is 5.75 Å². The van der Waals surface area contributed by atoms with Gasteiger partial charge in [-0.3, -0.25) is 9.69 Å². The molecule has 0 amide bonds. The first-order valence-electron chi connectivity index (χ1n) is 11.4. The Balaban J connectivity index is 1.33. The quantitative estimate of drug-likeness (QED) is 0.510. The lowest BCUT2D eigenvalue weighted by molar-refractivity contribution is -0.114. The van der Waals surface area contributed by atoms with E-state index in [0.717, 1.165) is 42.9 Å². The molecule has 2 fully saturated rings. The number of carbonyl (C=O) groups is 1. The molecule has 3 aromatic rings. The summed E-state index contributed by atoms with van der Waals surface area (Å²) < 4.78 is 24.7. The summed E-state index contributed by atoms with van der Waals surface area (Å²) in [6, 6.07) is 8.49. The van der Waals surface area contributed by atoms with Gasteiger partial charge in [-0.25, -0.2) is 14.4 Å². The first-order chi connectivity index (χ1) is 16.5. The maximum absolute atomic E-state index is 13.6. The number of aryl methyl sites for hydroxylation is 1. The number of carbonyl (C=O) groups excluding carboxylic acids is 1. The Hall–Kier alpha value is -3.36. The van der Waals surface area contributed by atoms with Crippen LogP contribution >= 0.6 is 0 Å². The Morgan fingerprint density at radius 2 is 2.18 bits per heavy atom. The van der Waals surface area contributed by atoms with Crippen LogP contribution < -0.4 is 10.1 Å². The number of ketones is 1. The molecule has 34 heavy (non-hydrogen) atoms. The molecule has 0 spiro atoms. The molecule has 3 heterocycles. The minimum atomic E-state index is -0.262. The van der Waals surface area contributed by atoms with E-state index in [1.54, 1.807) is 32.2 Å². The number of ether oxygens (including phenoxy) is 2. The van der Waals surface area contributed by atoms with Crippen molar-refractivity contribution in [3.63, 3.8) is 0 Å². The molecular formula is C26H27FN4O3. The van der Waals surface area contributed by atoms with Crippen molar-refractivity contribution in [1.82, 2.24) is 14.9 Å². The van der Waals surface area contributed by atoms with Gasteiger partial charge < -0.3 is 14.8 Å². The number of rotatable bonds is 8. The Morgan fingerprint density at radius 3 is 2.88 bits per heavy atom. The summed E-state index contributed by atoms with van der Waals surface area (Å²) in [6.07, 6.45) is 5.60. The van der Waals surface area contributed by atoms with Gasteiger partial charge in [0.1, 0.15) is 23.7 Å². The molecule has 8 heteroatoms. The molecule has 0 aliphatic carbocycles. The normalized spacial score (nSPS) is 19.9. The minimum absolute atomic E-state index is 0.00316. The van der Waals surface area contributed by atoms with Crippen LogP contribution in [0.2, 0.25) is 0 Å². The van der Waals surface area contributed by atoms with Gasteiger partial charge in [0.05, 0.1) is 25.3 Å². The number of fused-ring (bicyclic) bond motifs is 2. The van der Waals surface area contributed by atoms with E-state index >= 15 is 0 Å². The highest BCUT2D eigenvalue weighted by molar-refractivity contribution is 5.96. The summed E-state index contributed by atoms with van der Waals surface area (Å²) in [5.74, 6) is 1.56. The Kier molecular flexibility index (Phi) is 6.26. The van der Waals surface area contributed by atoms with Crippen molar-refractivity contribution in [3.05, 3.63) is 65.8 Å². The van der Waals surface area contributed by atoms with E-state index in [1.807, 2.05) is 18.2 Å². The summed E-state index contributed by atoms with van der Waals surface area (Å²) in [7, 11) is 1.58. The highest BCUT2D eigenvalue weighted by atomic mass is 19.1. The van der Waals surface area contributed by atoms with Crippen molar-refractivity contribution >= 4 is 28.2 Å². The largest absolute Gasteiger partial charge is 0.496 e. The van der Waals surface area contributed by atoms with Crippen molar-refractivity contribution in [2.75, 3.05) is 38.7 Å². The number of aromatic nitrogens is 2. The van der Waals surface area contributed by atoms with Gasteiger partial charge in [0, 0.05) is 54.7 Å². The second-order valence-corrected chi connectivity index (χ2v) is 8.89. The number of methoxy groups -OCH3 is 1. The van der Waals surface area contributed by atoms with Crippen LogP contribution in [0.15, 0.2) is 48.8 Å². The number of nitrogens with one attached hydrogen (secondary N) is 1. The van der Waals surface area contributed by atoms with Gasteiger partial charge in [0.15, 0.2) is 5.78 Å². The first kappa shape index (κ1) is 22.4. The van der Waals surface area contributed by atoms with Crippen LogP contribution in [-0.4, -0.2) is 60.1 Å². The molecule has 0 radical (unpaired) electrons. The predicted molar refractivity (Wildman–Crippen MR) is 128 cm³/mol. The monoisotopic (exact) mass is 462 g/mol. The number of allylic oxidation sites excluding steroid dienone is 1. The van der Waals surface area contributed by atoms with Gasteiger partial charge in [-0.2, -0.15) is 0 Å². The van der Waals surface area contributed by atoms with Gasteiger partial charge in [-0.15, -0.1) is 0 Å². The average molecular weight is 463 g/mol. The third-order valence-electron chi connectivity index (χ3n) is 6.47. The summed E-state index contributed by atoms with van der Waals surface area (Å²) in [5.41, 5.74) is 2.70. The number of nitrogens with zero attached hydrogens (tertiary/aromatic N) is 3. The molecule has 2 aromatic carbocycles. The SMILES string of the molecule is COc1cc2ncnc(Nc3ccc(F)c(C)c3)c2cc1CC(=O)/C=C/CN1CC2COC2C1. The lowest BCUT2D eigenvalue weighted by atomic mass is 10.0. The molecule has 2 saturated heterocycles. The van der Waals surface area contributed by atoms with E-state index in [1.165, 1.54) is 12.4 Å². The van der Waals surface area contributed by atoms with Gasteiger partial charge >= 0.3 is 0 Å². The van der Waals surface area contributed by atoms with Crippen molar-refractivity contribution < 1.29 is 18.7 Å². The molecule has 2 unspecified atom stereocenters. The van der Waals surface area contributed by atoms with Crippen LogP contribution in [-0.2, 0) is 16.0 Å². The highest BCUT2D eigenvalue weighted by Crippen LogP contribution is 2.31. The van der Waals surface area contributed by atoms with Crippen molar-refractivity contribution in [3.8, 4) is 5.75 Å². The molecule has 1 N–H and O–H groups in total. The van der Waals surface area contributed by atoms with Crippen LogP contribution in [0.25, 0.3) is 10.9 Å². The second kappa shape index (κ2) is 9.48. The third kappa shape index (κ3) is 4.64. The molecule has 1 aromatic heterocycles. The molecule has 2 atom stereocenters. The number of benzene rings is 2. The topological polar surface area (TPSA) is 76.6 Å². The summed E-state index contributed by atoms with van der Waals surface area (Å²) >= 11 is 0. The Bertz CT molecular complexity index is 1250. The summed E-state index contributed by atoms with van der Waals surface area (Å²) in [4.78, 5) is 23.7. The van der Waals surface area contributed by atoms with Crippen molar-refractivity contribution in [2.24, 2.45) is 5.92 Å². The minimum Gasteiger partial charge on any atom is -0.496 e. The number of halogens is 1. The van der Waals surface area contributed by atoms with E-state index in [4.69, 9.17) is 9.47 Å². The van der Waals surface area contributed by atoms with Crippen molar-refractivity contribution in [2.45, 2.75) is 19.4 Å². The fourth-order valence-electron chi connectivity index (χ4n) is 4.55. The predicted octanol–water partition coefficient (Wildman–Crippen LogP) is 3.83. The number of hydrogen-bond acceptors (Lipinski definition) is 7. The number of hydrogen-bond donors (Lipinski definition) is 1. The van der Waals surface area contributed by atoms with Crippen LogP contribution in [0.3, 0.4) is 0 Å². The Labute approximate surface area is 197 Å². The van der Waals surface area contributed by atoms with Crippen LogP contribution in [0.4, 0.5) is 15.9 Å². The van der Waals surface area contributed by atoms with Gasteiger partial charge in [-0.05, 0) is 42.8 Å². The molecule has 2 aliphatic heterocycles. The van der Waals surface area contributed by atoms with Gasteiger partial charge in [0.25, 0.3) is 0 Å². The van der Waals surface area contributed by atoms with Crippen molar-refractivity contribution in [1.29, 1.82) is 0 Å². The second-order valence-electron chi connectivity index (χ2n) is 8.89. The maximum atomic E-state index is 13.6. The zero-order valence-electron chi connectivity index (χ0n) is 19.3. The van der Waals surface area contributed by atoms with E-state index in [-0.39, 0.29) is 18.0 Å². The fraction of sp³-hybridized carbons (Fsp3) is 0.346. The zero-order chi connectivity index (χ0) is 23.7. The smallest absolute Gasteiger partial charge is 0.159 e. The lowest BCUT2D eigenvalue weighted by Gasteiger charge is -2.28. The van der Waals surface area contributed by atoms with Gasteiger partial charge in [0.2, 0.25) is 0 Å². The third-order valence-corrected chi connectivity index (χ3v) is 6.47. The molecule has 7 nitrogen and oxygen atoms in total. The number of anilines is 2. The Morgan fingerprint density at radius 1 is 1.29 bits per heavy atom. The average Bonchev–Trinajstić information content (AvgIpc) is 3.09. The van der Waals surface area contributed by atoms with E-state index in [0.29, 0.717) is 34.7 Å². The van der Waals surface area contributed by atoms with Gasteiger partial charge in [-0.1, -0.05) is 6.08 Å². The molecule has 2 aliphatic rings. The van der Waals surface area contributed by atoms with E-state index in [2.05, 4.69) is 20.2 Å².